The zero-order chi connectivity index (χ0) is 14.7. The van der Waals surface area contributed by atoms with Gasteiger partial charge in [-0.05, 0) is 19.8 Å². The van der Waals surface area contributed by atoms with Crippen molar-refractivity contribution in [1.29, 1.82) is 0 Å². The second-order valence-electron chi connectivity index (χ2n) is 4.34. The molecule has 0 heterocycles. The Bertz CT molecular complexity index is 294. The molecule has 0 rings (SSSR count). The van der Waals surface area contributed by atoms with E-state index in [1.165, 1.54) is 12.0 Å². The van der Waals surface area contributed by atoms with Gasteiger partial charge in [0.05, 0.1) is 7.11 Å². The van der Waals surface area contributed by atoms with Gasteiger partial charge in [-0.2, -0.15) is 0 Å². The van der Waals surface area contributed by atoms with Crippen molar-refractivity contribution in [2.75, 3.05) is 20.2 Å². The highest BCUT2D eigenvalue weighted by atomic mass is 16.5. The quantitative estimate of drug-likeness (QED) is 0.361. The lowest BCUT2D eigenvalue weighted by atomic mass is 10.2. The Morgan fingerprint density at radius 1 is 1.37 bits per heavy atom. The van der Waals surface area contributed by atoms with Crippen molar-refractivity contribution < 1.29 is 19.1 Å². The van der Waals surface area contributed by atoms with Gasteiger partial charge in [0.1, 0.15) is 6.04 Å². The molecule has 1 N–H and O–H groups in total. The Morgan fingerprint density at radius 3 is 2.58 bits per heavy atom. The minimum Gasteiger partial charge on any atom is -0.469 e. The largest absolute Gasteiger partial charge is 0.469 e. The maximum Gasteiger partial charge on any atom is 0.305 e. The summed E-state index contributed by atoms with van der Waals surface area (Å²) in [7, 11) is 1.32. The Kier molecular flexibility index (Phi) is 9.48. The van der Waals surface area contributed by atoms with Gasteiger partial charge in [-0.15, -0.1) is 0 Å². The number of ether oxygens (including phenoxy) is 1. The summed E-state index contributed by atoms with van der Waals surface area (Å²) in [6, 6.07) is -0.521. The molecule has 110 valence electrons. The molecule has 0 saturated heterocycles. The molecular formula is C13H24N2O4. The van der Waals surface area contributed by atoms with Crippen molar-refractivity contribution in [2.45, 2.75) is 45.6 Å². The maximum absolute atomic E-state index is 11.8. The van der Waals surface area contributed by atoms with E-state index in [-0.39, 0.29) is 18.3 Å². The summed E-state index contributed by atoms with van der Waals surface area (Å²) in [5, 5.41) is 2.78. The Balaban J connectivity index is 4.08. The number of nitrogens with zero attached hydrogens (tertiary/aromatic N) is 1. The van der Waals surface area contributed by atoms with Crippen LogP contribution in [0.5, 0.6) is 0 Å². The topological polar surface area (TPSA) is 75.7 Å². The lowest BCUT2D eigenvalue weighted by Gasteiger charge is -2.24. The standard InChI is InChI=1S/C13H24N2O4/c1-4-5-8-14-13(18)11(2)15(10-16)9-6-7-12(17)19-3/h10-11H,4-9H2,1-3H3,(H,14,18). The molecule has 0 aliphatic rings. The predicted molar refractivity (Wildman–Crippen MR) is 71.4 cm³/mol. The Morgan fingerprint density at radius 2 is 2.05 bits per heavy atom. The molecule has 6 nitrogen and oxygen atoms in total. The first-order valence-corrected chi connectivity index (χ1v) is 6.62. The van der Waals surface area contributed by atoms with Crippen LogP contribution in [0.4, 0.5) is 0 Å². The Hall–Kier alpha value is -1.59. The van der Waals surface area contributed by atoms with Crippen molar-refractivity contribution in [3.05, 3.63) is 0 Å². The van der Waals surface area contributed by atoms with Crippen molar-refractivity contribution in [2.24, 2.45) is 0 Å². The number of hydrogen-bond donors (Lipinski definition) is 1. The van der Waals surface area contributed by atoms with E-state index in [0.29, 0.717) is 25.9 Å². The monoisotopic (exact) mass is 272 g/mol. The van der Waals surface area contributed by atoms with E-state index in [4.69, 9.17) is 0 Å². The molecule has 0 fully saturated rings. The SMILES string of the molecule is CCCCNC(=O)C(C)N(C=O)CCCC(=O)OC. The molecule has 0 aromatic heterocycles. The van der Waals surface area contributed by atoms with Crippen LogP contribution in [0.25, 0.3) is 0 Å². The van der Waals surface area contributed by atoms with Crippen LogP contribution in [0.3, 0.4) is 0 Å². The number of unbranched alkanes of at least 4 members (excludes halogenated alkanes) is 1. The zero-order valence-electron chi connectivity index (χ0n) is 12.0. The molecule has 6 heteroatoms. The number of nitrogens with one attached hydrogen (secondary N) is 1. The molecule has 19 heavy (non-hydrogen) atoms. The zero-order valence-corrected chi connectivity index (χ0v) is 12.0. The molecule has 1 atom stereocenters. The average molecular weight is 272 g/mol. The summed E-state index contributed by atoms with van der Waals surface area (Å²) in [4.78, 5) is 35.1. The predicted octanol–water partition coefficient (Wildman–Crippen LogP) is 0.703. The van der Waals surface area contributed by atoms with E-state index in [1.807, 2.05) is 6.92 Å². The molecular weight excluding hydrogens is 248 g/mol. The summed E-state index contributed by atoms with van der Waals surface area (Å²) in [6.07, 6.45) is 3.29. The third-order valence-corrected chi connectivity index (χ3v) is 2.87. The van der Waals surface area contributed by atoms with E-state index in [1.54, 1.807) is 6.92 Å². The summed E-state index contributed by atoms with van der Waals surface area (Å²) < 4.78 is 4.51. The number of rotatable bonds is 10. The van der Waals surface area contributed by atoms with Gasteiger partial charge in [0.25, 0.3) is 0 Å². The lowest BCUT2D eigenvalue weighted by molar-refractivity contribution is -0.141. The maximum atomic E-state index is 11.8. The molecule has 0 bridgehead atoms. The van der Waals surface area contributed by atoms with Crippen LogP contribution in [-0.4, -0.2) is 49.4 Å². The van der Waals surface area contributed by atoms with Crippen LogP contribution in [0.1, 0.15) is 39.5 Å². The van der Waals surface area contributed by atoms with E-state index in [9.17, 15) is 14.4 Å². The van der Waals surface area contributed by atoms with Crippen LogP contribution in [0.15, 0.2) is 0 Å². The molecule has 0 spiro atoms. The van der Waals surface area contributed by atoms with Gasteiger partial charge < -0.3 is 15.0 Å². The van der Waals surface area contributed by atoms with Crippen molar-refractivity contribution in [3.8, 4) is 0 Å². The number of methoxy groups -OCH3 is 1. The molecule has 0 aromatic carbocycles. The van der Waals surface area contributed by atoms with Gasteiger partial charge in [-0.25, -0.2) is 0 Å². The third kappa shape index (κ3) is 7.43. The van der Waals surface area contributed by atoms with Crippen molar-refractivity contribution in [3.63, 3.8) is 0 Å². The van der Waals surface area contributed by atoms with Gasteiger partial charge in [0.15, 0.2) is 0 Å². The Labute approximate surface area is 114 Å². The highest BCUT2D eigenvalue weighted by molar-refractivity contribution is 5.83. The molecule has 0 aliphatic heterocycles. The minimum atomic E-state index is -0.521. The molecule has 0 saturated carbocycles. The van der Waals surface area contributed by atoms with Crippen molar-refractivity contribution in [1.82, 2.24) is 10.2 Å². The normalized spacial score (nSPS) is 11.5. The van der Waals surface area contributed by atoms with Gasteiger partial charge in [-0.1, -0.05) is 13.3 Å². The van der Waals surface area contributed by atoms with Gasteiger partial charge in [0, 0.05) is 19.5 Å². The van der Waals surface area contributed by atoms with E-state index < -0.39 is 6.04 Å². The van der Waals surface area contributed by atoms with Crippen LogP contribution >= 0.6 is 0 Å². The first-order valence-electron chi connectivity index (χ1n) is 6.62. The van der Waals surface area contributed by atoms with Crippen LogP contribution in [0.2, 0.25) is 0 Å². The van der Waals surface area contributed by atoms with Crippen LogP contribution < -0.4 is 5.32 Å². The fraction of sp³-hybridized carbons (Fsp3) is 0.769. The van der Waals surface area contributed by atoms with Gasteiger partial charge in [0.2, 0.25) is 12.3 Å². The van der Waals surface area contributed by atoms with Gasteiger partial charge in [-0.3, -0.25) is 14.4 Å². The molecule has 0 aliphatic carbocycles. The summed E-state index contributed by atoms with van der Waals surface area (Å²) in [5.41, 5.74) is 0. The molecule has 2 amide bonds. The fourth-order valence-electron chi connectivity index (χ4n) is 1.53. The molecule has 1 unspecified atom stereocenters. The minimum absolute atomic E-state index is 0.168. The smallest absolute Gasteiger partial charge is 0.305 e. The number of carbonyl (C=O) groups excluding carboxylic acids is 3. The van der Waals surface area contributed by atoms with Crippen LogP contribution in [0, 0.1) is 0 Å². The lowest BCUT2D eigenvalue weighted by Crippen LogP contribution is -2.45. The number of esters is 1. The number of carbonyl (C=O) groups is 3. The van der Waals surface area contributed by atoms with Gasteiger partial charge >= 0.3 is 5.97 Å². The third-order valence-electron chi connectivity index (χ3n) is 2.87. The van der Waals surface area contributed by atoms with E-state index in [2.05, 4.69) is 10.1 Å². The molecule has 0 aromatic rings. The first kappa shape index (κ1) is 17.4. The number of hydrogen-bond acceptors (Lipinski definition) is 4. The highest BCUT2D eigenvalue weighted by Gasteiger charge is 2.19. The first-order chi connectivity index (χ1) is 9.06. The second-order valence-corrected chi connectivity index (χ2v) is 4.34. The fourth-order valence-corrected chi connectivity index (χ4v) is 1.53. The summed E-state index contributed by atoms with van der Waals surface area (Å²) >= 11 is 0. The number of amides is 2. The van der Waals surface area contributed by atoms with Crippen LogP contribution in [-0.2, 0) is 19.1 Å². The molecule has 0 radical (unpaired) electrons. The summed E-state index contributed by atoms with van der Waals surface area (Å²) in [5.74, 6) is -0.482. The second kappa shape index (κ2) is 10.3. The van der Waals surface area contributed by atoms with Crippen molar-refractivity contribution >= 4 is 18.3 Å². The summed E-state index contributed by atoms with van der Waals surface area (Å²) in [6.45, 7) is 4.70. The van der Waals surface area contributed by atoms with E-state index in [0.717, 1.165) is 12.8 Å². The highest BCUT2D eigenvalue weighted by Crippen LogP contribution is 2.01. The van der Waals surface area contributed by atoms with E-state index >= 15 is 0 Å². The average Bonchev–Trinajstić information content (AvgIpc) is 2.42.